The maximum Gasteiger partial charge on any atom is 0.243 e. The normalized spacial score (nSPS) is 13.6. The van der Waals surface area contributed by atoms with Gasteiger partial charge in [-0.05, 0) is 25.0 Å². The van der Waals surface area contributed by atoms with Crippen LogP contribution in [0, 0.1) is 0 Å². The molecular weight excluding hydrogens is 320 g/mol. The third-order valence-corrected chi connectivity index (χ3v) is 4.15. The summed E-state index contributed by atoms with van der Waals surface area (Å²) in [6.45, 7) is 0.667. The van der Waals surface area contributed by atoms with Crippen LogP contribution in [0.3, 0.4) is 0 Å². The number of aryl methyl sites for hydroxylation is 1. The van der Waals surface area contributed by atoms with Gasteiger partial charge in [-0.2, -0.15) is 0 Å². The van der Waals surface area contributed by atoms with Crippen LogP contribution in [0.2, 0.25) is 0 Å². The molecule has 25 heavy (non-hydrogen) atoms. The molecular formula is C17H22N6O2. The monoisotopic (exact) mass is 342 g/mol. The minimum atomic E-state index is -0.366. The van der Waals surface area contributed by atoms with Crippen LogP contribution in [0.1, 0.15) is 25.1 Å². The van der Waals surface area contributed by atoms with Gasteiger partial charge in [0.05, 0.1) is 13.1 Å². The summed E-state index contributed by atoms with van der Waals surface area (Å²) in [4.78, 5) is 23.0. The molecule has 0 atom stereocenters. The number of nitrogens with one attached hydrogen (secondary N) is 2. The molecule has 0 saturated carbocycles. The summed E-state index contributed by atoms with van der Waals surface area (Å²) in [5.41, 5.74) is 6.75. The number of rotatable bonds is 5. The van der Waals surface area contributed by atoms with E-state index in [-0.39, 0.29) is 24.9 Å². The average molecular weight is 342 g/mol. The lowest BCUT2D eigenvalue weighted by atomic mass is 10.2. The van der Waals surface area contributed by atoms with Gasteiger partial charge in [0.25, 0.3) is 0 Å². The number of carbonyl (C=O) groups excluding carboxylic acids is 2. The maximum atomic E-state index is 11.9. The predicted octanol–water partition coefficient (Wildman–Crippen LogP) is 0.685. The smallest absolute Gasteiger partial charge is 0.243 e. The molecule has 0 fully saturated rings. The van der Waals surface area contributed by atoms with Crippen molar-refractivity contribution < 1.29 is 9.59 Å². The molecule has 8 nitrogen and oxygen atoms in total. The SMILES string of the molecule is NCC(=O)NCC(=O)Nc1cccc(-c2nnc3n2CCCCC3)c1. The maximum absolute atomic E-state index is 11.9. The second-order valence-electron chi connectivity index (χ2n) is 6.01. The number of aromatic nitrogens is 3. The van der Waals surface area contributed by atoms with Crippen LogP contribution in [-0.2, 0) is 22.6 Å². The van der Waals surface area contributed by atoms with Gasteiger partial charge in [0.15, 0.2) is 5.82 Å². The third kappa shape index (κ3) is 4.21. The van der Waals surface area contributed by atoms with Gasteiger partial charge in [-0.25, -0.2) is 0 Å². The van der Waals surface area contributed by atoms with Crippen molar-refractivity contribution >= 4 is 17.5 Å². The zero-order valence-electron chi connectivity index (χ0n) is 14.0. The van der Waals surface area contributed by atoms with Gasteiger partial charge in [0.1, 0.15) is 5.82 Å². The van der Waals surface area contributed by atoms with Gasteiger partial charge < -0.3 is 20.9 Å². The largest absolute Gasteiger partial charge is 0.346 e. The highest BCUT2D eigenvalue weighted by atomic mass is 16.2. The number of hydrogen-bond donors (Lipinski definition) is 3. The van der Waals surface area contributed by atoms with Crippen LogP contribution in [0.4, 0.5) is 5.69 Å². The number of fused-ring (bicyclic) bond motifs is 1. The molecule has 1 aliphatic rings. The summed E-state index contributed by atoms with van der Waals surface area (Å²) >= 11 is 0. The molecule has 4 N–H and O–H groups in total. The first-order valence-electron chi connectivity index (χ1n) is 8.46. The summed E-state index contributed by atoms with van der Waals surface area (Å²) in [5, 5.41) is 13.8. The van der Waals surface area contributed by atoms with Crippen LogP contribution >= 0.6 is 0 Å². The van der Waals surface area contributed by atoms with Gasteiger partial charge in [-0.3, -0.25) is 9.59 Å². The fourth-order valence-electron chi connectivity index (χ4n) is 2.89. The second-order valence-corrected chi connectivity index (χ2v) is 6.01. The van der Waals surface area contributed by atoms with Crippen molar-refractivity contribution in [2.45, 2.75) is 32.2 Å². The van der Waals surface area contributed by atoms with E-state index < -0.39 is 0 Å². The highest BCUT2D eigenvalue weighted by Gasteiger charge is 2.16. The van der Waals surface area contributed by atoms with Gasteiger partial charge in [0.2, 0.25) is 11.8 Å². The van der Waals surface area contributed by atoms with Crippen LogP contribution < -0.4 is 16.4 Å². The van der Waals surface area contributed by atoms with E-state index in [2.05, 4.69) is 25.4 Å². The zero-order chi connectivity index (χ0) is 17.6. The van der Waals surface area contributed by atoms with Crippen molar-refractivity contribution in [1.82, 2.24) is 20.1 Å². The summed E-state index contributed by atoms with van der Waals surface area (Å²) in [6.07, 6.45) is 4.41. The topological polar surface area (TPSA) is 115 Å². The Morgan fingerprint density at radius 2 is 2.04 bits per heavy atom. The van der Waals surface area contributed by atoms with E-state index >= 15 is 0 Å². The summed E-state index contributed by atoms with van der Waals surface area (Å²) in [7, 11) is 0. The van der Waals surface area contributed by atoms with Gasteiger partial charge >= 0.3 is 0 Å². The van der Waals surface area contributed by atoms with E-state index in [1.807, 2.05) is 18.2 Å². The minimum absolute atomic E-state index is 0.111. The summed E-state index contributed by atoms with van der Waals surface area (Å²) in [5.74, 6) is 1.17. The number of carbonyl (C=O) groups is 2. The molecule has 0 aliphatic carbocycles. The van der Waals surface area contributed by atoms with E-state index in [9.17, 15) is 9.59 Å². The Labute approximate surface area is 145 Å². The van der Waals surface area contributed by atoms with Gasteiger partial charge in [0, 0.05) is 24.2 Å². The zero-order valence-corrected chi connectivity index (χ0v) is 14.0. The molecule has 132 valence electrons. The molecule has 2 aromatic rings. The van der Waals surface area contributed by atoms with Crippen molar-refractivity contribution in [3.8, 4) is 11.4 Å². The number of anilines is 1. The van der Waals surface area contributed by atoms with E-state index in [0.717, 1.165) is 43.0 Å². The predicted molar refractivity (Wildman–Crippen MR) is 93.7 cm³/mol. The Bertz CT molecular complexity index is 770. The lowest BCUT2D eigenvalue weighted by Gasteiger charge is -2.10. The number of nitrogens with two attached hydrogens (primary N) is 1. The van der Waals surface area contributed by atoms with Crippen LogP contribution in [-0.4, -0.2) is 39.7 Å². The minimum Gasteiger partial charge on any atom is -0.346 e. The lowest BCUT2D eigenvalue weighted by Crippen LogP contribution is -2.36. The number of amides is 2. The van der Waals surface area contributed by atoms with Crippen molar-refractivity contribution in [1.29, 1.82) is 0 Å². The van der Waals surface area contributed by atoms with Gasteiger partial charge in [-0.1, -0.05) is 18.6 Å². The second kappa shape index (κ2) is 7.89. The molecule has 2 amide bonds. The lowest BCUT2D eigenvalue weighted by molar-refractivity contribution is -0.123. The first-order chi connectivity index (χ1) is 12.2. The summed E-state index contributed by atoms with van der Waals surface area (Å²) < 4.78 is 2.16. The number of nitrogens with zero attached hydrogens (tertiary/aromatic N) is 3. The van der Waals surface area contributed by atoms with Crippen LogP contribution in [0.15, 0.2) is 24.3 Å². The quantitative estimate of drug-likeness (QED) is 0.739. The fourth-order valence-corrected chi connectivity index (χ4v) is 2.89. The molecule has 0 unspecified atom stereocenters. The van der Waals surface area contributed by atoms with Crippen molar-refractivity contribution in [3.05, 3.63) is 30.1 Å². The highest BCUT2D eigenvalue weighted by Crippen LogP contribution is 2.24. The van der Waals surface area contributed by atoms with Crippen LogP contribution in [0.25, 0.3) is 11.4 Å². The van der Waals surface area contributed by atoms with Gasteiger partial charge in [-0.15, -0.1) is 10.2 Å². The average Bonchev–Trinajstić information content (AvgIpc) is 2.88. The fraction of sp³-hybridized carbons (Fsp3) is 0.412. The van der Waals surface area contributed by atoms with E-state index in [0.29, 0.717) is 5.69 Å². The highest BCUT2D eigenvalue weighted by molar-refractivity contribution is 5.95. The van der Waals surface area contributed by atoms with Crippen molar-refractivity contribution in [3.63, 3.8) is 0 Å². The molecule has 1 aliphatic heterocycles. The molecule has 3 rings (SSSR count). The molecule has 0 radical (unpaired) electrons. The molecule has 0 bridgehead atoms. The Balaban J connectivity index is 1.73. The van der Waals surface area contributed by atoms with Crippen molar-refractivity contribution in [2.24, 2.45) is 5.73 Å². The molecule has 1 aromatic heterocycles. The van der Waals surface area contributed by atoms with Crippen LogP contribution in [0.5, 0.6) is 0 Å². The first kappa shape index (κ1) is 17.1. The molecule has 0 spiro atoms. The Hall–Kier alpha value is -2.74. The van der Waals surface area contributed by atoms with Crippen molar-refractivity contribution in [2.75, 3.05) is 18.4 Å². The molecule has 2 heterocycles. The molecule has 1 aromatic carbocycles. The Morgan fingerprint density at radius 3 is 2.88 bits per heavy atom. The third-order valence-electron chi connectivity index (χ3n) is 4.15. The van der Waals surface area contributed by atoms with E-state index in [1.165, 1.54) is 6.42 Å². The van der Waals surface area contributed by atoms with E-state index in [4.69, 9.17) is 5.73 Å². The number of hydrogen-bond acceptors (Lipinski definition) is 5. The standard InChI is InChI=1S/C17H22N6O2/c18-10-15(24)19-11-16(25)20-13-6-4-5-12(9-13)17-22-21-14-7-2-1-3-8-23(14)17/h4-6,9H,1-3,7-8,10-11,18H2,(H,19,24)(H,20,25). The number of benzene rings is 1. The molecule has 0 saturated heterocycles. The first-order valence-corrected chi connectivity index (χ1v) is 8.46. The summed E-state index contributed by atoms with van der Waals surface area (Å²) in [6, 6.07) is 7.48. The van der Waals surface area contributed by atoms with E-state index in [1.54, 1.807) is 6.07 Å². The Morgan fingerprint density at radius 1 is 1.16 bits per heavy atom. The Kier molecular flexibility index (Phi) is 5.39. The molecule has 8 heteroatoms.